The average molecular weight is 284 g/mol. The van der Waals surface area contributed by atoms with Crippen LogP contribution in [-0.2, 0) is 0 Å². The number of hydrogen-bond donors (Lipinski definition) is 2. The van der Waals surface area contributed by atoms with Crippen LogP contribution in [0, 0.1) is 6.92 Å². The number of rotatable bonds is 2. The van der Waals surface area contributed by atoms with Crippen LogP contribution in [0.15, 0.2) is 48.7 Å². The van der Waals surface area contributed by atoms with Crippen LogP contribution in [0.4, 0.5) is 17.1 Å². The summed E-state index contributed by atoms with van der Waals surface area (Å²) in [6.45, 7) is 1.98. The zero-order valence-corrected chi connectivity index (χ0v) is 11.8. The van der Waals surface area contributed by atoms with Gasteiger partial charge in [-0.05, 0) is 48.9 Å². The zero-order valence-electron chi connectivity index (χ0n) is 11.0. The lowest BCUT2D eigenvalue weighted by molar-refractivity contribution is 1.40. The molecule has 1 aromatic heterocycles. The second-order valence-corrected chi connectivity index (χ2v) is 5.13. The quantitative estimate of drug-likeness (QED) is 0.680. The number of nitrogen functional groups attached to an aromatic ring is 1. The Morgan fingerprint density at radius 1 is 1.10 bits per heavy atom. The topological polar surface area (TPSA) is 50.9 Å². The van der Waals surface area contributed by atoms with E-state index in [-0.39, 0.29) is 0 Å². The molecule has 3 aromatic rings. The molecule has 1 heterocycles. The molecule has 20 heavy (non-hydrogen) atoms. The maximum atomic E-state index is 6.15. The van der Waals surface area contributed by atoms with Gasteiger partial charge in [0.15, 0.2) is 0 Å². The predicted molar refractivity (Wildman–Crippen MR) is 85.6 cm³/mol. The minimum atomic E-state index is 0.709. The molecule has 0 aliphatic rings. The number of halogens is 1. The highest BCUT2D eigenvalue weighted by Crippen LogP contribution is 2.28. The van der Waals surface area contributed by atoms with E-state index in [1.165, 1.54) is 0 Å². The molecule has 100 valence electrons. The maximum absolute atomic E-state index is 6.15. The van der Waals surface area contributed by atoms with Crippen molar-refractivity contribution >= 4 is 39.6 Å². The van der Waals surface area contributed by atoms with Crippen LogP contribution < -0.4 is 11.1 Å². The third-order valence-electron chi connectivity index (χ3n) is 3.22. The number of fused-ring (bicyclic) bond motifs is 1. The fraction of sp³-hybridized carbons (Fsp3) is 0.0625. The first kappa shape index (κ1) is 12.8. The maximum Gasteiger partial charge on any atom is 0.0743 e. The molecule has 0 aliphatic carbocycles. The molecule has 0 saturated heterocycles. The molecule has 0 spiro atoms. The van der Waals surface area contributed by atoms with E-state index < -0.39 is 0 Å². The van der Waals surface area contributed by atoms with Crippen LogP contribution in [0.2, 0.25) is 5.02 Å². The first-order valence-electron chi connectivity index (χ1n) is 6.31. The Bertz CT molecular complexity index is 784. The Hall–Kier alpha value is -2.26. The van der Waals surface area contributed by atoms with Crippen molar-refractivity contribution in [2.45, 2.75) is 6.92 Å². The van der Waals surface area contributed by atoms with Gasteiger partial charge in [-0.25, -0.2) is 0 Å². The average Bonchev–Trinajstić information content (AvgIpc) is 2.43. The van der Waals surface area contributed by atoms with Gasteiger partial charge in [0.25, 0.3) is 0 Å². The zero-order chi connectivity index (χ0) is 14.1. The lowest BCUT2D eigenvalue weighted by atomic mass is 10.1. The van der Waals surface area contributed by atoms with E-state index in [2.05, 4.69) is 10.3 Å². The number of nitrogens with two attached hydrogens (primary N) is 1. The van der Waals surface area contributed by atoms with Crippen molar-refractivity contribution in [3.8, 4) is 0 Å². The highest BCUT2D eigenvalue weighted by atomic mass is 35.5. The van der Waals surface area contributed by atoms with Gasteiger partial charge in [0.2, 0.25) is 0 Å². The minimum absolute atomic E-state index is 0.709. The highest BCUT2D eigenvalue weighted by Gasteiger charge is 2.04. The van der Waals surface area contributed by atoms with Crippen LogP contribution in [0.1, 0.15) is 5.56 Å². The largest absolute Gasteiger partial charge is 0.399 e. The van der Waals surface area contributed by atoms with Gasteiger partial charge in [-0.1, -0.05) is 17.7 Å². The van der Waals surface area contributed by atoms with Gasteiger partial charge >= 0.3 is 0 Å². The molecule has 0 unspecified atom stereocenters. The third-order valence-corrected chi connectivity index (χ3v) is 3.62. The molecule has 3 nitrogen and oxygen atoms in total. The second-order valence-electron chi connectivity index (χ2n) is 4.72. The molecule has 0 amide bonds. The van der Waals surface area contributed by atoms with E-state index in [1.54, 1.807) is 6.20 Å². The number of aromatic nitrogens is 1. The monoisotopic (exact) mass is 283 g/mol. The molecular formula is C16H14ClN3. The lowest BCUT2D eigenvalue weighted by Gasteiger charge is -2.10. The van der Waals surface area contributed by atoms with Crippen LogP contribution in [0.25, 0.3) is 10.9 Å². The molecule has 0 radical (unpaired) electrons. The van der Waals surface area contributed by atoms with Crippen molar-refractivity contribution in [2.75, 3.05) is 11.1 Å². The first-order valence-corrected chi connectivity index (χ1v) is 6.69. The molecule has 3 N–H and O–H groups in total. The van der Waals surface area contributed by atoms with Crippen molar-refractivity contribution in [1.29, 1.82) is 0 Å². The summed E-state index contributed by atoms with van der Waals surface area (Å²) in [5.41, 5.74) is 10.4. The summed E-state index contributed by atoms with van der Waals surface area (Å²) in [7, 11) is 0. The van der Waals surface area contributed by atoms with Crippen LogP contribution in [-0.4, -0.2) is 4.98 Å². The Morgan fingerprint density at radius 3 is 2.75 bits per heavy atom. The number of anilines is 3. The van der Waals surface area contributed by atoms with Crippen LogP contribution >= 0.6 is 11.6 Å². The second kappa shape index (κ2) is 5.02. The van der Waals surface area contributed by atoms with E-state index in [1.807, 2.05) is 49.4 Å². The standard InChI is InChI=1S/C16H14ClN3/c1-10-2-4-12(9-14(10)17)20-15-6-7-19-16-8-11(18)3-5-13(15)16/h2-9H,18H2,1H3,(H,19,20). The summed E-state index contributed by atoms with van der Waals surface area (Å²) in [6.07, 6.45) is 1.76. The van der Waals surface area contributed by atoms with Gasteiger partial charge in [-0.15, -0.1) is 0 Å². The molecule has 2 aromatic carbocycles. The first-order chi connectivity index (χ1) is 9.63. The lowest BCUT2D eigenvalue weighted by Crippen LogP contribution is -1.94. The summed E-state index contributed by atoms with van der Waals surface area (Å²) < 4.78 is 0. The highest BCUT2D eigenvalue weighted by molar-refractivity contribution is 6.31. The van der Waals surface area contributed by atoms with Gasteiger partial charge in [-0.3, -0.25) is 4.98 Å². The molecule has 4 heteroatoms. The van der Waals surface area contributed by atoms with Crippen LogP contribution in [0.5, 0.6) is 0 Å². The summed E-state index contributed by atoms with van der Waals surface area (Å²) in [5.74, 6) is 0. The van der Waals surface area contributed by atoms with Gasteiger partial charge < -0.3 is 11.1 Å². The molecule has 0 aliphatic heterocycles. The molecule has 0 bridgehead atoms. The summed E-state index contributed by atoms with van der Waals surface area (Å²) in [5, 5.41) is 5.14. The number of benzene rings is 2. The Balaban J connectivity index is 2.04. The van der Waals surface area contributed by atoms with Gasteiger partial charge in [0.05, 0.1) is 5.52 Å². The van der Waals surface area contributed by atoms with E-state index in [4.69, 9.17) is 17.3 Å². The van der Waals surface area contributed by atoms with Crippen LogP contribution in [0.3, 0.4) is 0 Å². The predicted octanol–water partition coefficient (Wildman–Crippen LogP) is 4.52. The molecule has 0 saturated carbocycles. The van der Waals surface area contributed by atoms with Gasteiger partial charge in [0.1, 0.15) is 0 Å². The summed E-state index contributed by atoms with van der Waals surface area (Å²) in [4.78, 5) is 4.33. The Morgan fingerprint density at radius 2 is 1.95 bits per heavy atom. The fourth-order valence-corrected chi connectivity index (χ4v) is 2.28. The Labute approximate surface area is 122 Å². The summed E-state index contributed by atoms with van der Waals surface area (Å²) in [6, 6.07) is 13.6. The smallest absolute Gasteiger partial charge is 0.0743 e. The van der Waals surface area contributed by atoms with E-state index in [0.717, 1.165) is 32.9 Å². The van der Waals surface area contributed by atoms with E-state index in [0.29, 0.717) is 5.69 Å². The normalized spacial score (nSPS) is 10.7. The number of pyridine rings is 1. The Kier molecular flexibility index (Phi) is 3.20. The van der Waals surface area contributed by atoms with Gasteiger partial charge in [-0.2, -0.15) is 0 Å². The SMILES string of the molecule is Cc1ccc(Nc2ccnc3cc(N)ccc23)cc1Cl. The molecule has 3 rings (SSSR count). The van der Waals surface area contributed by atoms with Crippen molar-refractivity contribution in [3.63, 3.8) is 0 Å². The number of hydrogen-bond acceptors (Lipinski definition) is 3. The molecular weight excluding hydrogens is 270 g/mol. The number of nitrogens with one attached hydrogen (secondary N) is 1. The van der Waals surface area contributed by atoms with Crippen molar-refractivity contribution in [2.24, 2.45) is 0 Å². The minimum Gasteiger partial charge on any atom is -0.399 e. The fourth-order valence-electron chi connectivity index (χ4n) is 2.10. The van der Waals surface area contributed by atoms with Crippen molar-refractivity contribution in [3.05, 3.63) is 59.2 Å². The summed E-state index contributed by atoms with van der Waals surface area (Å²) >= 11 is 6.15. The van der Waals surface area contributed by atoms with Gasteiger partial charge in [0, 0.05) is 33.7 Å². The van der Waals surface area contributed by atoms with E-state index >= 15 is 0 Å². The molecule has 0 fully saturated rings. The molecule has 0 atom stereocenters. The van der Waals surface area contributed by atoms with E-state index in [9.17, 15) is 0 Å². The third kappa shape index (κ3) is 2.40. The van der Waals surface area contributed by atoms with Crippen molar-refractivity contribution < 1.29 is 0 Å². The van der Waals surface area contributed by atoms with Crippen molar-refractivity contribution in [1.82, 2.24) is 4.98 Å². The number of aryl methyl sites for hydroxylation is 1. The number of nitrogens with zero attached hydrogens (tertiary/aromatic N) is 1.